The van der Waals surface area contributed by atoms with Gasteiger partial charge in [0.2, 0.25) is 0 Å². The van der Waals surface area contributed by atoms with Gasteiger partial charge in [-0.1, -0.05) is 44.6 Å². The van der Waals surface area contributed by atoms with E-state index in [1.807, 2.05) is 7.11 Å². The topological polar surface area (TPSA) is 80.5 Å². The third-order valence-electron chi connectivity index (χ3n) is 44.2. The number of fused-ring (bicyclic) bond motifs is 35. The van der Waals surface area contributed by atoms with Gasteiger partial charge in [-0.05, 0) is 394 Å². The second kappa shape index (κ2) is 57.0. The van der Waals surface area contributed by atoms with E-state index in [1.54, 1.807) is 11.1 Å². The van der Waals surface area contributed by atoms with Crippen LogP contribution in [0, 0.1) is 71.0 Å². The van der Waals surface area contributed by atoms with E-state index >= 15 is 0 Å². The number of ether oxygens (including phenoxy) is 1. The van der Waals surface area contributed by atoms with E-state index in [4.69, 9.17) is 4.74 Å². The van der Waals surface area contributed by atoms with Crippen LogP contribution in [0.15, 0.2) is 23.3 Å². The molecule has 147 heavy (non-hydrogen) atoms. The van der Waals surface area contributed by atoms with Gasteiger partial charge in [0.25, 0.3) is 0 Å². The van der Waals surface area contributed by atoms with Crippen molar-refractivity contribution in [3.05, 3.63) is 23.3 Å². The second-order valence-corrected chi connectivity index (χ2v) is 55.6. The fraction of sp³-hybridized carbons (Fsp3) is 0.967. The lowest BCUT2D eigenvalue weighted by molar-refractivity contribution is -0.910. The molecule has 0 radical (unpaired) electrons. The summed E-state index contributed by atoms with van der Waals surface area (Å²) in [6, 6.07) is 10.8. The SMILES string of the molecule is C.C.CC1=CC2C(C1)CN2C.CC1=CC2CN(C)CC2C1.CN1CC2CCCC2C1.CN1CC2CN(C)C2C1.CN1CC2CN(C)C2C1.CN1CC2CN(C)CC2C1.CN1CCC2CCC1CC2.CN1CCC2CC[C@H]1C2.CN1CCN2CCC1C2.CN1CCN2CCC1CC2.CN1CCN2CCC1CC2.CN1CC[N+]2(C)CCC1CC2.CN1CC[N+]2(C)CCC1CC2.CN1C[C@@H]2C[C@H]1CN2C.COC1CN2CCC1CC2. The minimum atomic E-state index is 0. The molecule has 0 aromatic carbocycles. The van der Waals surface area contributed by atoms with Crippen LogP contribution in [0.4, 0.5) is 0 Å². The molecule has 0 amide bonds. The average Bonchev–Trinajstić information content (AvgIpc) is 1.62. The van der Waals surface area contributed by atoms with Crippen LogP contribution in [-0.2, 0) is 4.74 Å². The molecular formula is C122H240N24O+2. The largest absolute Gasteiger partial charge is 0.380 e. The van der Waals surface area contributed by atoms with E-state index in [-0.39, 0.29) is 14.9 Å². The third kappa shape index (κ3) is 34.1. The van der Waals surface area contributed by atoms with E-state index in [9.17, 15) is 0 Å². The summed E-state index contributed by atoms with van der Waals surface area (Å²) in [7, 11) is 47.0. The monoisotopic (exact) mass is 2060 g/mol. The van der Waals surface area contributed by atoms with Crippen LogP contribution in [-0.4, -0.2) is 618 Å². The Kier molecular flexibility index (Phi) is 46.9. The summed E-state index contributed by atoms with van der Waals surface area (Å²) in [5, 5.41) is 0. The number of rotatable bonds is 1. The number of hydrogen-bond acceptors (Lipinski definition) is 23. The number of piperazine rings is 2. The van der Waals surface area contributed by atoms with Crippen molar-refractivity contribution in [3.8, 4) is 0 Å². The summed E-state index contributed by atoms with van der Waals surface area (Å²) >= 11 is 0. The lowest BCUT2D eigenvalue weighted by atomic mass is 9.86. The summed E-state index contributed by atoms with van der Waals surface area (Å²) in [6.07, 6.45) is 42.8. The van der Waals surface area contributed by atoms with Gasteiger partial charge < -0.3 is 107 Å². The standard InChI is InChI=1S/2C9H19N2.C9H15N.C9H17N.3C8H16N2.C8H15NO.C8H13N.2C8H15N.4C7H14N2.2CH4/c2*1-10-5-8-11(2)6-3-9(10)4-7-11;1-7-3-8-5-10(2)6-9(8)4-7;1-10-7-6-8-2-4-9(10)5-3-8;1-9-3-7-5-10(2)6-8(7)4-9;2*1-9-6-7-10-4-2-8(9)3-5-10;1-10-8-6-9-4-2-7(8)3-5-9;1-6-3-7-5-9(2)8(7)4-6;1-9-5-4-7-2-3-8(9)6-7;1-9-5-7-3-2-4-8(7)6-9;1-8-4-7-3-6(8)5-9(7)2;2*1-8-3-6-4-9(2)7(6)5-8;1-8-4-5-9-3-2-7(8)6-9;;/h2*9H,3-8H2,1-2H3;3,8-9H,4-6H2,1-2H3;8-9H,2-7H2,1H3;7-8H,3-6H2,1-2H3;2*8H,2-7H2,1H3;7-8H,2-6H2,1H3;4,7-8H,3,5H2,1-2H3;2*7-8H,2-6H2,1H3;3*6-7H,3-5H2,1-2H3;7H,2-6H2,1H3;2*1H4/q2*+1;;;;;;;;;;;;;;;/t;;;;;;;;;7?,8-;;6-,7-;;;;;/m.........0.0...../s1. The molecule has 0 aromatic heterocycles. The van der Waals surface area contributed by atoms with Crippen molar-refractivity contribution >= 4 is 0 Å². The summed E-state index contributed by atoms with van der Waals surface area (Å²) in [5.41, 5.74) is 3.21. The molecule has 0 N–H and O–H groups in total. The minimum Gasteiger partial charge on any atom is -0.380 e. The van der Waals surface area contributed by atoms with Crippen molar-refractivity contribution in [1.82, 2.24) is 108 Å². The maximum Gasteiger partial charge on any atom is 0.0913 e. The number of methoxy groups -OCH3 is 1. The first-order valence-electron chi connectivity index (χ1n) is 61.5. The highest BCUT2D eigenvalue weighted by molar-refractivity contribution is 5.20. The van der Waals surface area contributed by atoms with Crippen LogP contribution in [0.25, 0.3) is 0 Å². The highest BCUT2D eigenvalue weighted by Gasteiger charge is 2.47. The Bertz CT molecular complexity index is 3560. The van der Waals surface area contributed by atoms with Gasteiger partial charge in [-0.15, -0.1) is 0 Å². The van der Waals surface area contributed by atoms with Gasteiger partial charge in [0.15, 0.2) is 0 Å². The molecule has 25 nitrogen and oxygen atoms in total. The maximum absolute atomic E-state index is 5.38. The third-order valence-corrected chi connectivity index (χ3v) is 44.2. The Morgan fingerprint density at radius 3 is 1.00 bits per heavy atom. The molecule has 852 valence electrons. The molecule has 34 fully saturated rings. The van der Waals surface area contributed by atoms with Crippen molar-refractivity contribution in [2.24, 2.45) is 71.0 Å². The molecule has 31 aliphatic heterocycles. The quantitative estimate of drug-likeness (QED) is 0.184. The van der Waals surface area contributed by atoms with Gasteiger partial charge in [0.1, 0.15) is 0 Å². The number of likely N-dealkylation sites (tertiary alicyclic amines) is 12. The van der Waals surface area contributed by atoms with E-state index in [0.717, 1.165) is 144 Å². The predicted molar refractivity (Wildman–Crippen MR) is 623 cm³/mol. The number of hydrogen-bond donors (Lipinski definition) is 0. The summed E-state index contributed by atoms with van der Waals surface area (Å²) in [6.45, 7) is 60.3. The molecule has 36 aliphatic rings. The molecule has 5 aliphatic carbocycles. The Balaban J connectivity index is 0.000000124. The summed E-state index contributed by atoms with van der Waals surface area (Å²) < 4.78 is 8.05. The highest BCUT2D eigenvalue weighted by atomic mass is 16.5. The van der Waals surface area contributed by atoms with Gasteiger partial charge in [-0.2, -0.15) is 0 Å². The van der Waals surface area contributed by atoms with Gasteiger partial charge in [0.05, 0.1) is 59.5 Å². The number of likely N-dealkylation sites (N-methyl/N-ethyl adjacent to an activating group) is 14. The fourth-order valence-corrected chi connectivity index (χ4v) is 33.4. The first-order chi connectivity index (χ1) is 69.5. The van der Waals surface area contributed by atoms with Crippen LogP contribution < -0.4 is 0 Å². The van der Waals surface area contributed by atoms with Gasteiger partial charge in [-0.25, -0.2) is 0 Å². The van der Waals surface area contributed by atoms with Crippen molar-refractivity contribution in [1.29, 1.82) is 0 Å². The molecule has 3 saturated carbocycles. The van der Waals surface area contributed by atoms with Crippen LogP contribution in [0.2, 0.25) is 0 Å². The zero-order valence-electron chi connectivity index (χ0n) is 98.8. The minimum absolute atomic E-state index is 0. The zero-order chi connectivity index (χ0) is 102. The molecule has 14 unspecified atom stereocenters. The number of nitrogens with zero attached hydrogens (tertiary/aromatic N) is 24. The Hall–Kier alpha value is -1.52. The molecule has 25 heteroatoms. The van der Waals surface area contributed by atoms with Crippen molar-refractivity contribution in [3.63, 3.8) is 0 Å². The van der Waals surface area contributed by atoms with Crippen molar-refractivity contribution in [2.45, 2.75) is 274 Å². The molecular weight excluding hydrogens is 1820 g/mol. The van der Waals surface area contributed by atoms with Crippen LogP contribution >= 0.6 is 0 Å². The van der Waals surface area contributed by atoms with Crippen LogP contribution in [0.5, 0.6) is 0 Å². The molecule has 0 aromatic rings. The predicted octanol–water partition coefficient (Wildman–Crippen LogP) is 11.2. The Labute approximate surface area is 907 Å². The van der Waals surface area contributed by atoms with Crippen molar-refractivity contribution in [2.75, 3.05) is 423 Å². The molecule has 0 spiro atoms. The number of allylic oxidation sites excluding steroid dienone is 2. The van der Waals surface area contributed by atoms with Crippen LogP contribution in [0.3, 0.4) is 0 Å². The number of quaternary nitrogens is 2. The zero-order valence-corrected chi connectivity index (χ0v) is 98.8. The lowest BCUT2D eigenvalue weighted by Crippen LogP contribution is -2.52. The smallest absolute Gasteiger partial charge is 0.0913 e. The van der Waals surface area contributed by atoms with Gasteiger partial charge >= 0.3 is 0 Å². The number of piperidine rings is 8. The van der Waals surface area contributed by atoms with E-state index < -0.39 is 0 Å². The molecule has 31 saturated heterocycles. The summed E-state index contributed by atoms with van der Waals surface area (Å²) in [5.74, 6) is 12.0. The molecule has 36 rings (SSSR count). The lowest BCUT2D eigenvalue weighted by Gasteiger charge is -2.43. The maximum atomic E-state index is 5.38. The van der Waals surface area contributed by atoms with Crippen molar-refractivity contribution < 1.29 is 13.7 Å². The summed E-state index contributed by atoms with van der Waals surface area (Å²) in [4.78, 5) is 54.9. The van der Waals surface area contributed by atoms with E-state index in [2.05, 4.69) is 275 Å². The fourth-order valence-electron chi connectivity index (χ4n) is 33.4. The highest BCUT2D eigenvalue weighted by Crippen LogP contribution is 2.42. The molecule has 31 heterocycles. The van der Waals surface area contributed by atoms with Gasteiger partial charge in [-0.3, -0.25) is 14.7 Å². The second-order valence-electron chi connectivity index (χ2n) is 55.6. The molecule has 17 atom stereocenters. The Morgan fingerprint density at radius 2 is 0.592 bits per heavy atom. The Morgan fingerprint density at radius 1 is 0.231 bits per heavy atom. The first kappa shape index (κ1) is 121. The van der Waals surface area contributed by atoms with E-state index in [0.29, 0.717) is 6.10 Å². The van der Waals surface area contributed by atoms with E-state index in [1.165, 1.54) is 451 Å². The first-order valence-corrected chi connectivity index (χ1v) is 61.5. The normalized spacial score (nSPS) is 42.9. The van der Waals surface area contributed by atoms with Crippen LogP contribution in [0.1, 0.15) is 196 Å². The average molecular weight is 2060 g/mol. The van der Waals surface area contributed by atoms with Gasteiger partial charge in [0, 0.05) is 294 Å². The molecule has 18 bridgehead atoms.